The monoisotopic (exact) mass is 298 g/mol. The van der Waals surface area contributed by atoms with E-state index in [0.717, 1.165) is 0 Å². The third-order valence-electron chi connectivity index (χ3n) is 4.57. The number of hydrogen-bond donors (Lipinski definition) is 0. The van der Waals surface area contributed by atoms with Crippen molar-refractivity contribution < 1.29 is 0 Å². The highest BCUT2D eigenvalue weighted by molar-refractivity contribution is 7.22. The van der Waals surface area contributed by atoms with Gasteiger partial charge in [-0.3, -0.25) is 0 Å². The molecule has 22 heavy (non-hydrogen) atoms. The topological polar surface area (TPSA) is 0 Å². The van der Waals surface area contributed by atoms with Gasteiger partial charge in [-0.15, -0.1) is 11.3 Å². The number of rotatable bonds is 1. The summed E-state index contributed by atoms with van der Waals surface area (Å²) in [5, 5.41) is 1.41. The fourth-order valence-corrected chi connectivity index (χ4v) is 4.94. The fraction of sp³-hybridized carbons (Fsp3) is 0.0476. The van der Waals surface area contributed by atoms with Gasteiger partial charge in [0.2, 0.25) is 0 Å². The van der Waals surface area contributed by atoms with Crippen LogP contribution in [0.25, 0.3) is 20.5 Å². The van der Waals surface area contributed by atoms with Crippen LogP contribution in [0, 0.1) is 0 Å². The number of fused-ring (bicyclic) bond motifs is 5. The van der Waals surface area contributed by atoms with E-state index in [1.54, 1.807) is 0 Å². The van der Waals surface area contributed by atoms with Crippen molar-refractivity contribution in [3.05, 3.63) is 95.6 Å². The maximum absolute atomic E-state index is 2.29. The first-order valence-corrected chi connectivity index (χ1v) is 8.41. The highest BCUT2D eigenvalue weighted by Crippen LogP contribution is 2.54. The highest BCUT2D eigenvalue weighted by atomic mass is 32.1. The van der Waals surface area contributed by atoms with Crippen LogP contribution in [0.5, 0.6) is 0 Å². The first-order chi connectivity index (χ1) is 10.9. The zero-order chi connectivity index (χ0) is 14.5. The van der Waals surface area contributed by atoms with Gasteiger partial charge in [0.05, 0.1) is 0 Å². The minimum absolute atomic E-state index is 0.364. The average Bonchev–Trinajstić information content (AvgIpc) is 3.10. The Balaban J connectivity index is 1.90. The van der Waals surface area contributed by atoms with E-state index in [2.05, 4.69) is 78.9 Å². The van der Waals surface area contributed by atoms with Gasteiger partial charge >= 0.3 is 0 Å². The molecule has 1 heterocycles. The summed E-state index contributed by atoms with van der Waals surface area (Å²) in [6, 6.07) is 28.6. The van der Waals surface area contributed by atoms with Gasteiger partial charge < -0.3 is 0 Å². The normalized spacial score (nSPS) is 15.7. The van der Waals surface area contributed by atoms with Crippen LogP contribution in [0.3, 0.4) is 0 Å². The Bertz CT molecular complexity index is 979. The van der Waals surface area contributed by atoms with E-state index in [0.29, 0.717) is 5.92 Å². The molecule has 0 N–H and O–H groups in total. The second kappa shape index (κ2) is 4.56. The Labute approximate surface area is 133 Å². The molecule has 3 aromatic carbocycles. The third kappa shape index (κ3) is 1.57. The molecule has 1 unspecified atom stereocenters. The molecular formula is C21H14S. The summed E-state index contributed by atoms with van der Waals surface area (Å²) in [5.41, 5.74) is 5.73. The van der Waals surface area contributed by atoms with Crippen molar-refractivity contribution in [1.82, 2.24) is 0 Å². The van der Waals surface area contributed by atoms with Crippen molar-refractivity contribution in [1.29, 1.82) is 0 Å². The lowest BCUT2D eigenvalue weighted by Crippen LogP contribution is -1.98. The Hall–Kier alpha value is -2.38. The van der Waals surface area contributed by atoms with Crippen LogP contribution in [0.2, 0.25) is 0 Å². The fourth-order valence-electron chi connectivity index (χ4n) is 3.65. The molecule has 5 rings (SSSR count). The SMILES string of the molecule is c1ccc(C2c3ccccc3-c3sc4ccccc4c32)cc1. The summed E-state index contributed by atoms with van der Waals surface area (Å²) in [6.45, 7) is 0. The van der Waals surface area contributed by atoms with E-state index in [1.165, 1.54) is 37.2 Å². The summed E-state index contributed by atoms with van der Waals surface area (Å²) in [5.74, 6) is 0.364. The molecule has 104 valence electrons. The molecule has 0 fully saturated rings. The molecule has 1 aliphatic rings. The van der Waals surface area contributed by atoms with Gasteiger partial charge in [-0.2, -0.15) is 0 Å². The second-order valence-corrected chi connectivity index (χ2v) is 6.82. The van der Waals surface area contributed by atoms with Crippen LogP contribution in [0.1, 0.15) is 22.6 Å². The summed E-state index contributed by atoms with van der Waals surface area (Å²) in [4.78, 5) is 1.45. The molecule has 0 spiro atoms. The lowest BCUT2D eigenvalue weighted by molar-refractivity contribution is 1.03. The Morgan fingerprint density at radius 2 is 1.41 bits per heavy atom. The summed E-state index contributed by atoms with van der Waals surface area (Å²) in [7, 11) is 0. The van der Waals surface area contributed by atoms with Crippen LogP contribution in [-0.4, -0.2) is 0 Å². The molecule has 0 aliphatic heterocycles. The van der Waals surface area contributed by atoms with Crippen molar-refractivity contribution in [2.75, 3.05) is 0 Å². The van der Waals surface area contributed by atoms with E-state index >= 15 is 0 Å². The van der Waals surface area contributed by atoms with E-state index in [1.807, 2.05) is 11.3 Å². The lowest BCUT2D eigenvalue weighted by atomic mass is 9.88. The third-order valence-corrected chi connectivity index (χ3v) is 5.79. The van der Waals surface area contributed by atoms with Gasteiger partial charge in [-0.25, -0.2) is 0 Å². The van der Waals surface area contributed by atoms with Gasteiger partial charge in [0.1, 0.15) is 0 Å². The summed E-state index contributed by atoms with van der Waals surface area (Å²) >= 11 is 1.93. The number of benzene rings is 3. The molecule has 0 radical (unpaired) electrons. The minimum atomic E-state index is 0.364. The van der Waals surface area contributed by atoms with Gasteiger partial charge in [0.15, 0.2) is 0 Å². The standard InChI is InChI=1S/C21H14S/c1-2-8-14(9-3-1)19-15-10-4-5-11-16(15)21-20(19)17-12-6-7-13-18(17)22-21/h1-13,19H. The van der Waals surface area contributed by atoms with Crippen molar-refractivity contribution in [3.63, 3.8) is 0 Å². The van der Waals surface area contributed by atoms with Crippen LogP contribution < -0.4 is 0 Å². The zero-order valence-corrected chi connectivity index (χ0v) is 12.8. The molecule has 1 aromatic heterocycles. The number of thiophene rings is 1. The highest BCUT2D eigenvalue weighted by Gasteiger charge is 2.32. The van der Waals surface area contributed by atoms with Crippen LogP contribution >= 0.6 is 11.3 Å². The quantitative estimate of drug-likeness (QED) is 0.353. The smallest absolute Gasteiger partial charge is 0.0400 e. The first-order valence-electron chi connectivity index (χ1n) is 7.59. The van der Waals surface area contributed by atoms with E-state index in [4.69, 9.17) is 0 Å². The van der Waals surface area contributed by atoms with Crippen molar-refractivity contribution in [2.45, 2.75) is 5.92 Å². The van der Waals surface area contributed by atoms with Crippen LogP contribution in [-0.2, 0) is 0 Å². The van der Waals surface area contributed by atoms with E-state index < -0.39 is 0 Å². The van der Waals surface area contributed by atoms with E-state index in [9.17, 15) is 0 Å². The van der Waals surface area contributed by atoms with Crippen molar-refractivity contribution in [3.8, 4) is 10.4 Å². The van der Waals surface area contributed by atoms with Crippen molar-refractivity contribution >= 4 is 21.4 Å². The largest absolute Gasteiger partial charge is 0.135 e. The van der Waals surface area contributed by atoms with Gasteiger partial charge in [0.25, 0.3) is 0 Å². The predicted octanol–water partition coefficient (Wildman–Crippen LogP) is 6.06. The maximum Gasteiger partial charge on any atom is 0.0400 e. The molecule has 0 bridgehead atoms. The van der Waals surface area contributed by atoms with Gasteiger partial charge in [-0.05, 0) is 33.7 Å². The Kier molecular flexibility index (Phi) is 2.53. The molecule has 1 atom stereocenters. The maximum atomic E-state index is 2.29. The molecule has 0 saturated heterocycles. The Morgan fingerprint density at radius 3 is 2.32 bits per heavy atom. The molecule has 0 nitrogen and oxygen atoms in total. The molecule has 1 heteroatoms. The molecule has 0 amide bonds. The molecule has 1 aliphatic carbocycles. The summed E-state index contributed by atoms with van der Waals surface area (Å²) < 4.78 is 1.39. The van der Waals surface area contributed by atoms with Crippen LogP contribution in [0.15, 0.2) is 78.9 Å². The first kappa shape index (κ1) is 12.2. The molecule has 4 aromatic rings. The minimum Gasteiger partial charge on any atom is -0.135 e. The van der Waals surface area contributed by atoms with Crippen molar-refractivity contribution in [2.24, 2.45) is 0 Å². The average molecular weight is 298 g/mol. The van der Waals surface area contributed by atoms with Gasteiger partial charge in [0, 0.05) is 15.5 Å². The van der Waals surface area contributed by atoms with Gasteiger partial charge in [-0.1, -0.05) is 72.8 Å². The summed E-state index contributed by atoms with van der Waals surface area (Å²) in [6.07, 6.45) is 0. The number of hydrogen-bond acceptors (Lipinski definition) is 1. The van der Waals surface area contributed by atoms with E-state index in [-0.39, 0.29) is 0 Å². The molecule has 0 saturated carbocycles. The zero-order valence-electron chi connectivity index (χ0n) is 12.0. The predicted molar refractivity (Wildman–Crippen MR) is 94.6 cm³/mol. The lowest BCUT2D eigenvalue weighted by Gasteiger charge is -2.14. The van der Waals surface area contributed by atoms with Crippen LogP contribution in [0.4, 0.5) is 0 Å². The molecular weight excluding hydrogens is 284 g/mol. The second-order valence-electron chi connectivity index (χ2n) is 5.77. The Morgan fingerprint density at radius 1 is 0.682 bits per heavy atom.